The Balaban J connectivity index is 1.88. The topological polar surface area (TPSA) is 15.3 Å². The molecular formula is C11H19ClN2. The Labute approximate surface area is 91.3 Å². The molecule has 0 aromatic carbocycles. The molecule has 0 spiro atoms. The van der Waals surface area contributed by atoms with Gasteiger partial charge in [0.15, 0.2) is 0 Å². The van der Waals surface area contributed by atoms with Crippen molar-refractivity contribution in [2.75, 3.05) is 19.6 Å². The molecule has 1 saturated heterocycles. The van der Waals surface area contributed by atoms with E-state index in [1.807, 2.05) is 0 Å². The summed E-state index contributed by atoms with van der Waals surface area (Å²) in [6.07, 6.45) is 2.81. The summed E-state index contributed by atoms with van der Waals surface area (Å²) in [6, 6.07) is 1.28. The van der Waals surface area contributed by atoms with Crippen LogP contribution in [0.15, 0.2) is 11.6 Å². The van der Waals surface area contributed by atoms with Gasteiger partial charge in [-0.05, 0) is 25.7 Å². The number of halogens is 1. The summed E-state index contributed by atoms with van der Waals surface area (Å²) in [4.78, 5) is 2.44. The van der Waals surface area contributed by atoms with E-state index >= 15 is 0 Å². The summed E-state index contributed by atoms with van der Waals surface area (Å²) in [5, 5.41) is 4.38. The van der Waals surface area contributed by atoms with Crippen molar-refractivity contribution >= 4 is 11.6 Å². The molecule has 1 heterocycles. The van der Waals surface area contributed by atoms with E-state index in [9.17, 15) is 0 Å². The van der Waals surface area contributed by atoms with Crippen molar-refractivity contribution in [3.05, 3.63) is 11.6 Å². The third kappa shape index (κ3) is 2.50. The van der Waals surface area contributed by atoms with Gasteiger partial charge in [0, 0.05) is 36.8 Å². The van der Waals surface area contributed by atoms with Crippen LogP contribution in [0.2, 0.25) is 0 Å². The molecule has 2 nitrogen and oxygen atoms in total. The van der Waals surface area contributed by atoms with Crippen LogP contribution >= 0.6 is 11.6 Å². The smallest absolute Gasteiger partial charge is 0.0339 e. The zero-order valence-electron chi connectivity index (χ0n) is 8.80. The fraction of sp³-hybridized carbons (Fsp3) is 0.818. The minimum atomic E-state index is 0.584. The van der Waals surface area contributed by atoms with Crippen LogP contribution in [0.1, 0.15) is 19.8 Å². The molecule has 0 amide bonds. The lowest BCUT2D eigenvalue weighted by Crippen LogP contribution is -2.56. The lowest BCUT2D eigenvalue weighted by Gasteiger charge is -2.38. The Morgan fingerprint density at radius 1 is 1.57 bits per heavy atom. The first-order chi connectivity index (χ1) is 6.66. The van der Waals surface area contributed by atoms with Gasteiger partial charge >= 0.3 is 0 Å². The van der Waals surface area contributed by atoms with E-state index in [0.29, 0.717) is 12.1 Å². The second-order valence-electron chi connectivity index (χ2n) is 4.65. The maximum absolute atomic E-state index is 5.86. The standard InChI is InChI=1S/C11H19ClN2/c1-8(12)6-14-7-11(10-3-4-10)13-5-9(14)2/h9-11,13H,1,3-7H2,2H3. The minimum Gasteiger partial charge on any atom is -0.311 e. The highest BCUT2D eigenvalue weighted by atomic mass is 35.5. The molecule has 2 atom stereocenters. The zero-order chi connectivity index (χ0) is 10.1. The van der Waals surface area contributed by atoms with Crippen molar-refractivity contribution in [3.63, 3.8) is 0 Å². The summed E-state index contributed by atoms with van der Waals surface area (Å²) in [6.45, 7) is 9.08. The van der Waals surface area contributed by atoms with Crippen molar-refractivity contribution in [1.82, 2.24) is 10.2 Å². The number of nitrogens with zero attached hydrogens (tertiary/aromatic N) is 1. The van der Waals surface area contributed by atoms with Crippen molar-refractivity contribution < 1.29 is 0 Å². The van der Waals surface area contributed by atoms with Crippen LogP contribution in [0.4, 0.5) is 0 Å². The summed E-state index contributed by atoms with van der Waals surface area (Å²) in [5.74, 6) is 0.925. The molecule has 80 valence electrons. The number of rotatable bonds is 3. The largest absolute Gasteiger partial charge is 0.311 e. The molecule has 2 rings (SSSR count). The molecule has 0 bridgehead atoms. The molecule has 0 aromatic heterocycles. The summed E-state index contributed by atoms with van der Waals surface area (Å²) < 4.78 is 0. The van der Waals surface area contributed by atoms with Gasteiger partial charge in [-0.15, -0.1) is 0 Å². The average Bonchev–Trinajstić information content (AvgIpc) is 2.91. The second kappa shape index (κ2) is 4.21. The fourth-order valence-corrected chi connectivity index (χ4v) is 2.36. The van der Waals surface area contributed by atoms with Crippen molar-refractivity contribution in [2.24, 2.45) is 5.92 Å². The van der Waals surface area contributed by atoms with Crippen LogP contribution in [0.25, 0.3) is 0 Å². The highest BCUT2D eigenvalue weighted by Crippen LogP contribution is 2.34. The SMILES string of the molecule is C=C(Cl)CN1CC(C2CC2)NCC1C. The molecule has 0 aromatic rings. The van der Waals surface area contributed by atoms with Crippen molar-refractivity contribution in [1.29, 1.82) is 0 Å². The predicted molar refractivity (Wildman–Crippen MR) is 60.5 cm³/mol. The highest BCUT2D eigenvalue weighted by molar-refractivity contribution is 6.29. The predicted octanol–water partition coefficient (Wildman–Crippen LogP) is 1.81. The number of hydrogen-bond donors (Lipinski definition) is 1. The maximum atomic E-state index is 5.86. The fourth-order valence-electron chi connectivity index (χ4n) is 2.20. The molecule has 1 N–H and O–H groups in total. The van der Waals surface area contributed by atoms with E-state index in [1.165, 1.54) is 12.8 Å². The number of nitrogens with one attached hydrogen (secondary N) is 1. The van der Waals surface area contributed by atoms with Gasteiger partial charge in [-0.2, -0.15) is 0 Å². The number of piperazine rings is 1. The normalized spacial score (nSPS) is 34.4. The highest BCUT2D eigenvalue weighted by Gasteiger charge is 2.35. The van der Waals surface area contributed by atoms with E-state index < -0.39 is 0 Å². The Morgan fingerprint density at radius 3 is 2.86 bits per heavy atom. The van der Waals surface area contributed by atoms with Crippen molar-refractivity contribution in [2.45, 2.75) is 31.8 Å². The first-order valence-electron chi connectivity index (χ1n) is 5.47. The molecule has 1 aliphatic heterocycles. The lowest BCUT2D eigenvalue weighted by atomic mass is 10.1. The zero-order valence-corrected chi connectivity index (χ0v) is 9.56. The van der Waals surface area contributed by atoms with Crippen LogP contribution < -0.4 is 5.32 Å². The van der Waals surface area contributed by atoms with Crippen LogP contribution in [0.5, 0.6) is 0 Å². The monoisotopic (exact) mass is 214 g/mol. The molecule has 2 fully saturated rings. The summed E-state index contributed by atoms with van der Waals surface area (Å²) >= 11 is 5.86. The quantitative estimate of drug-likeness (QED) is 0.771. The van der Waals surface area contributed by atoms with Gasteiger partial charge in [0.1, 0.15) is 0 Å². The molecule has 2 aliphatic rings. The molecule has 14 heavy (non-hydrogen) atoms. The van der Waals surface area contributed by atoms with Gasteiger partial charge in [0.05, 0.1) is 0 Å². The van der Waals surface area contributed by atoms with E-state index in [4.69, 9.17) is 11.6 Å². The van der Waals surface area contributed by atoms with Gasteiger partial charge in [0.2, 0.25) is 0 Å². The molecule has 2 unspecified atom stereocenters. The Bertz CT molecular complexity index is 225. The maximum Gasteiger partial charge on any atom is 0.0339 e. The van der Waals surface area contributed by atoms with Crippen molar-refractivity contribution in [3.8, 4) is 0 Å². The Kier molecular flexibility index (Phi) is 3.15. The lowest BCUT2D eigenvalue weighted by molar-refractivity contribution is 0.146. The first-order valence-corrected chi connectivity index (χ1v) is 5.85. The van der Waals surface area contributed by atoms with Crippen LogP contribution in [-0.2, 0) is 0 Å². The third-order valence-corrected chi connectivity index (χ3v) is 3.42. The van der Waals surface area contributed by atoms with Gasteiger partial charge < -0.3 is 5.32 Å². The van der Waals surface area contributed by atoms with E-state index in [2.05, 4.69) is 23.7 Å². The van der Waals surface area contributed by atoms with Gasteiger partial charge in [-0.3, -0.25) is 4.90 Å². The third-order valence-electron chi connectivity index (χ3n) is 3.30. The molecule has 1 aliphatic carbocycles. The van der Waals surface area contributed by atoms with Gasteiger partial charge in [-0.25, -0.2) is 0 Å². The van der Waals surface area contributed by atoms with E-state index in [0.717, 1.165) is 30.6 Å². The molecule has 0 radical (unpaired) electrons. The first kappa shape index (κ1) is 10.5. The summed E-state index contributed by atoms with van der Waals surface area (Å²) in [5.41, 5.74) is 0. The second-order valence-corrected chi connectivity index (χ2v) is 5.18. The van der Waals surface area contributed by atoms with Gasteiger partial charge in [-0.1, -0.05) is 18.2 Å². The van der Waals surface area contributed by atoms with Crippen LogP contribution in [-0.4, -0.2) is 36.6 Å². The van der Waals surface area contributed by atoms with Crippen LogP contribution in [0, 0.1) is 5.92 Å². The van der Waals surface area contributed by atoms with E-state index in [-0.39, 0.29) is 0 Å². The van der Waals surface area contributed by atoms with Gasteiger partial charge in [0.25, 0.3) is 0 Å². The molecule has 3 heteroatoms. The Hall–Kier alpha value is -0.0500. The van der Waals surface area contributed by atoms with E-state index in [1.54, 1.807) is 0 Å². The molecular weight excluding hydrogens is 196 g/mol. The summed E-state index contributed by atoms with van der Waals surface area (Å²) in [7, 11) is 0. The molecule has 1 saturated carbocycles. The Morgan fingerprint density at radius 2 is 2.29 bits per heavy atom. The number of hydrogen-bond acceptors (Lipinski definition) is 2. The minimum absolute atomic E-state index is 0.584. The van der Waals surface area contributed by atoms with Crippen LogP contribution in [0.3, 0.4) is 0 Å². The average molecular weight is 215 g/mol.